The van der Waals surface area contributed by atoms with Crippen molar-refractivity contribution in [1.29, 1.82) is 0 Å². The molecule has 6 rings (SSSR count). The molecule has 0 amide bonds. The monoisotopic (exact) mass is 347 g/mol. The number of carbonyl (C=O) groups is 1. The second kappa shape index (κ2) is 6.55. The maximum atomic E-state index is 13.4. The highest BCUT2D eigenvalue weighted by Crippen LogP contribution is 2.37. The summed E-state index contributed by atoms with van der Waals surface area (Å²) in [5.74, 6) is 0.186. The van der Waals surface area contributed by atoms with Gasteiger partial charge in [-0.25, -0.2) is 0 Å². The van der Waals surface area contributed by atoms with Crippen LogP contribution in [0.2, 0.25) is 0 Å². The third-order valence-electron chi connectivity index (χ3n) is 6.50. The summed E-state index contributed by atoms with van der Waals surface area (Å²) in [7, 11) is 0. The molecular weight excluding hydrogens is 322 g/mol. The Morgan fingerprint density at radius 3 is 2.00 bits per heavy atom. The molecule has 0 saturated carbocycles. The summed E-state index contributed by atoms with van der Waals surface area (Å²) in [6.07, 6.45) is 4.35. The molecule has 3 nitrogen and oxygen atoms in total. The largest absolute Gasteiger partial charge is 0.460 e. The molecule has 0 radical (unpaired) electrons. The minimum absolute atomic E-state index is 0.0626. The summed E-state index contributed by atoms with van der Waals surface area (Å²) in [5, 5.41) is 0. The van der Waals surface area contributed by atoms with Crippen LogP contribution in [0, 0.1) is 5.92 Å². The first-order valence-electron chi connectivity index (χ1n) is 9.88. The standard InChI is InChI=1S/C23H25NO2/c25-23(26-21-15-24-13-11-18(21)12-14-24)22-19-7-3-1-5-16(19)9-10-17-6-2-4-8-20(17)22/h1-8,18,21-22H,9-15H2/t21-/m0/s1. The van der Waals surface area contributed by atoms with E-state index in [0.29, 0.717) is 5.92 Å². The first-order valence-corrected chi connectivity index (χ1v) is 9.88. The molecule has 2 aromatic carbocycles. The fourth-order valence-corrected chi connectivity index (χ4v) is 5.04. The van der Waals surface area contributed by atoms with Gasteiger partial charge in [-0.05, 0) is 66.9 Å². The Morgan fingerprint density at radius 2 is 1.46 bits per heavy atom. The number of nitrogens with zero attached hydrogens (tertiary/aromatic N) is 1. The normalized spacial score (nSPS) is 27.3. The summed E-state index contributed by atoms with van der Waals surface area (Å²) in [6.45, 7) is 3.23. The van der Waals surface area contributed by atoms with E-state index in [1.165, 1.54) is 11.1 Å². The lowest BCUT2D eigenvalue weighted by Crippen LogP contribution is -2.52. The third-order valence-corrected chi connectivity index (χ3v) is 6.50. The Hall–Kier alpha value is -2.13. The van der Waals surface area contributed by atoms with E-state index in [-0.39, 0.29) is 18.0 Å². The van der Waals surface area contributed by atoms with Crippen molar-refractivity contribution in [1.82, 2.24) is 4.90 Å². The van der Waals surface area contributed by atoms with Crippen LogP contribution in [-0.4, -0.2) is 36.6 Å². The quantitative estimate of drug-likeness (QED) is 0.778. The second-order valence-corrected chi connectivity index (χ2v) is 7.94. The SMILES string of the molecule is O=C(O[C@H]1CN2CCC1CC2)C1c2ccccc2CCc2ccccc21. The van der Waals surface area contributed by atoms with Crippen molar-refractivity contribution < 1.29 is 9.53 Å². The maximum Gasteiger partial charge on any atom is 0.318 e. The van der Waals surface area contributed by atoms with E-state index in [9.17, 15) is 4.79 Å². The van der Waals surface area contributed by atoms with Crippen LogP contribution in [0.4, 0.5) is 0 Å². The Kier molecular flexibility index (Phi) is 4.05. The van der Waals surface area contributed by atoms with Gasteiger partial charge in [0.1, 0.15) is 12.0 Å². The molecule has 2 bridgehead atoms. The van der Waals surface area contributed by atoms with Gasteiger partial charge in [-0.2, -0.15) is 0 Å². The predicted octanol–water partition coefficient (Wildman–Crippen LogP) is 3.55. The Labute approximate surface area is 155 Å². The minimum atomic E-state index is -0.291. The topological polar surface area (TPSA) is 29.5 Å². The van der Waals surface area contributed by atoms with Crippen LogP contribution in [-0.2, 0) is 22.4 Å². The van der Waals surface area contributed by atoms with Crippen LogP contribution in [0.25, 0.3) is 0 Å². The number of esters is 1. The van der Waals surface area contributed by atoms with Crippen LogP contribution in [0.5, 0.6) is 0 Å². The fraction of sp³-hybridized carbons (Fsp3) is 0.435. The number of aryl methyl sites for hydroxylation is 2. The fourth-order valence-electron chi connectivity index (χ4n) is 5.04. The summed E-state index contributed by atoms with van der Waals surface area (Å²) in [5.41, 5.74) is 4.81. The molecule has 1 aliphatic carbocycles. The number of ether oxygens (including phenoxy) is 1. The second-order valence-electron chi connectivity index (χ2n) is 7.94. The zero-order valence-electron chi connectivity index (χ0n) is 15.1. The summed E-state index contributed by atoms with van der Waals surface area (Å²) >= 11 is 0. The van der Waals surface area contributed by atoms with Gasteiger partial charge in [-0.3, -0.25) is 9.69 Å². The van der Waals surface area contributed by atoms with Crippen LogP contribution in [0.3, 0.4) is 0 Å². The van der Waals surface area contributed by atoms with Gasteiger partial charge in [0, 0.05) is 6.54 Å². The molecule has 3 heterocycles. The lowest BCUT2D eigenvalue weighted by Gasteiger charge is -2.44. The van der Waals surface area contributed by atoms with Crippen LogP contribution < -0.4 is 0 Å². The molecule has 0 unspecified atom stereocenters. The first-order chi connectivity index (χ1) is 12.8. The number of benzene rings is 2. The van der Waals surface area contributed by atoms with Gasteiger partial charge in [-0.1, -0.05) is 48.5 Å². The number of hydrogen-bond acceptors (Lipinski definition) is 3. The molecule has 3 saturated heterocycles. The summed E-state index contributed by atoms with van der Waals surface area (Å²) in [4.78, 5) is 15.8. The zero-order valence-corrected chi connectivity index (χ0v) is 15.1. The average Bonchev–Trinajstić information content (AvgIpc) is 2.86. The molecule has 4 aliphatic rings. The molecule has 0 spiro atoms. The van der Waals surface area contributed by atoms with Crippen molar-refractivity contribution in [2.24, 2.45) is 5.92 Å². The van der Waals surface area contributed by atoms with Crippen molar-refractivity contribution in [2.75, 3.05) is 19.6 Å². The van der Waals surface area contributed by atoms with E-state index >= 15 is 0 Å². The molecule has 134 valence electrons. The van der Waals surface area contributed by atoms with Gasteiger partial charge in [0.05, 0.1) is 0 Å². The Balaban J connectivity index is 1.50. The molecule has 0 aromatic heterocycles. The highest BCUT2D eigenvalue weighted by atomic mass is 16.5. The van der Waals surface area contributed by atoms with Gasteiger partial charge in [0.2, 0.25) is 0 Å². The predicted molar refractivity (Wildman–Crippen MR) is 101 cm³/mol. The van der Waals surface area contributed by atoms with Crippen molar-refractivity contribution in [3.63, 3.8) is 0 Å². The van der Waals surface area contributed by atoms with E-state index < -0.39 is 0 Å². The minimum Gasteiger partial charge on any atom is -0.460 e. The number of hydrogen-bond donors (Lipinski definition) is 0. The molecule has 3 fully saturated rings. The van der Waals surface area contributed by atoms with E-state index in [4.69, 9.17) is 4.74 Å². The number of rotatable bonds is 2. The molecule has 3 heteroatoms. The molecular formula is C23H25NO2. The van der Waals surface area contributed by atoms with Crippen LogP contribution >= 0.6 is 0 Å². The molecule has 2 aromatic rings. The van der Waals surface area contributed by atoms with Crippen molar-refractivity contribution in [3.8, 4) is 0 Å². The summed E-state index contributed by atoms with van der Waals surface area (Å²) in [6, 6.07) is 16.8. The number of carbonyl (C=O) groups excluding carboxylic acids is 1. The van der Waals surface area contributed by atoms with E-state index in [0.717, 1.165) is 56.4 Å². The molecule has 0 N–H and O–H groups in total. The van der Waals surface area contributed by atoms with Gasteiger partial charge in [0.15, 0.2) is 0 Å². The average molecular weight is 347 g/mol. The van der Waals surface area contributed by atoms with Gasteiger partial charge in [-0.15, -0.1) is 0 Å². The number of fused-ring (bicyclic) bond motifs is 5. The smallest absolute Gasteiger partial charge is 0.318 e. The maximum absolute atomic E-state index is 13.4. The Morgan fingerprint density at radius 1 is 0.885 bits per heavy atom. The lowest BCUT2D eigenvalue weighted by molar-refractivity contribution is -0.159. The Bertz CT molecular complexity index is 775. The lowest BCUT2D eigenvalue weighted by atomic mass is 9.85. The molecule has 1 atom stereocenters. The number of piperidine rings is 3. The van der Waals surface area contributed by atoms with Gasteiger partial charge in [0.25, 0.3) is 0 Å². The van der Waals surface area contributed by atoms with Gasteiger partial charge < -0.3 is 4.74 Å². The van der Waals surface area contributed by atoms with Crippen molar-refractivity contribution >= 4 is 5.97 Å². The van der Waals surface area contributed by atoms with Crippen LogP contribution in [0.15, 0.2) is 48.5 Å². The van der Waals surface area contributed by atoms with Crippen LogP contribution in [0.1, 0.15) is 41.0 Å². The highest BCUT2D eigenvalue weighted by molar-refractivity contribution is 5.84. The highest BCUT2D eigenvalue weighted by Gasteiger charge is 2.39. The third kappa shape index (κ3) is 2.75. The van der Waals surface area contributed by atoms with E-state index in [2.05, 4.69) is 41.3 Å². The van der Waals surface area contributed by atoms with E-state index in [1.807, 2.05) is 12.1 Å². The zero-order chi connectivity index (χ0) is 17.5. The first kappa shape index (κ1) is 16.1. The van der Waals surface area contributed by atoms with Crippen molar-refractivity contribution in [3.05, 3.63) is 70.8 Å². The molecule has 26 heavy (non-hydrogen) atoms. The summed E-state index contributed by atoms with van der Waals surface area (Å²) < 4.78 is 6.15. The molecule has 3 aliphatic heterocycles. The van der Waals surface area contributed by atoms with E-state index in [1.54, 1.807) is 0 Å². The van der Waals surface area contributed by atoms with Gasteiger partial charge >= 0.3 is 5.97 Å². The van der Waals surface area contributed by atoms with Crippen molar-refractivity contribution in [2.45, 2.75) is 37.7 Å².